The normalized spacial score (nSPS) is 13.3. The molecule has 0 bridgehead atoms. The summed E-state index contributed by atoms with van der Waals surface area (Å²) >= 11 is -2.15. The Bertz CT molecular complexity index is 391. The van der Waals surface area contributed by atoms with Gasteiger partial charge in [-0.05, 0) is 0 Å². The standard InChI is InChI=1S/C9H12N.3C4H9.Sn/c1-2-8-3-5-9(7-10)6-4-8;3*1-3-4-2;/h2-6H,7,10H2,1H3;3*1,3-4H2,2H3;. The maximum absolute atomic E-state index is 5.77. The third-order valence-electron chi connectivity index (χ3n) is 5.72. The van der Waals surface area contributed by atoms with Crippen LogP contribution in [0.1, 0.15) is 81.3 Å². The van der Waals surface area contributed by atoms with E-state index in [1.165, 1.54) is 44.1 Å². The minimum absolute atomic E-state index is 0.657. The summed E-state index contributed by atoms with van der Waals surface area (Å²) in [6, 6.07) is 9.26. The molecule has 0 aliphatic carbocycles. The SMILES string of the molecule is CCC[CH2][Sn]([CH2]CCC)([CH2]CCC)[CH](C)c1ccc(CN)cc1. The van der Waals surface area contributed by atoms with Crippen LogP contribution in [0.4, 0.5) is 0 Å². The molecule has 132 valence electrons. The van der Waals surface area contributed by atoms with Crippen molar-refractivity contribution in [2.24, 2.45) is 5.73 Å². The molecule has 0 aliphatic rings. The first-order chi connectivity index (χ1) is 11.1. The molecular weight excluding hydrogens is 385 g/mol. The average Bonchev–Trinajstić information content (AvgIpc) is 2.61. The van der Waals surface area contributed by atoms with Gasteiger partial charge in [-0.15, -0.1) is 0 Å². The first kappa shape index (κ1) is 21.0. The van der Waals surface area contributed by atoms with Gasteiger partial charge in [0.2, 0.25) is 0 Å². The number of unbranched alkanes of at least 4 members (excludes halogenated alkanes) is 3. The molecule has 1 unspecified atom stereocenters. The van der Waals surface area contributed by atoms with E-state index in [9.17, 15) is 0 Å². The Morgan fingerprint density at radius 2 is 1.26 bits per heavy atom. The zero-order valence-electron chi connectivity index (χ0n) is 16.0. The van der Waals surface area contributed by atoms with Crippen LogP contribution < -0.4 is 5.73 Å². The van der Waals surface area contributed by atoms with E-state index in [1.54, 1.807) is 18.9 Å². The predicted octanol–water partition coefficient (Wildman–Crippen LogP) is 6.64. The Hall–Kier alpha value is -0.0213. The van der Waals surface area contributed by atoms with Crippen molar-refractivity contribution in [2.45, 2.75) is 90.0 Å². The molecule has 1 aromatic rings. The number of benzene rings is 1. The number of rotatable bonds is 12. The fraction of sp³-hybridized carbons (Fsp3) is 0.714. The van der Waals surface area contributed by atoms with Crippen molar-refractivity contribution < 1.29 is 0 Å². The van der Waals surface area contributed by atoms with Crippen LogP contribution >= 0.6 is 0 Å². The average molecular weight is 424 g/mol. The first-order valence-corrected chi connectivity index (χ1v) is 17.6. The molecule has 0 heterocycles. The second-order valence-corrected chi connectivity index (χ2v) is 21.9. The predicted molar refractivity (Wildman–Crippen MR) is 108 cm³/mol. The van der Waals surface area contributed by atoms with Gasteiger partial charge in [0.15, 0.2) is 0 Å². The van der Waals surface area contributed by atoms with Crippen molar-refractivity contribution in [3.63, 3.8) is 0 Å². The van der Waals surface area contributed by atoms with Crippen molar-refractivity contribution in [1.82, 2.24) is 0 Å². The molecule has 0 saturated heterocycles. The van der Waals surface area contributed by atoms with E-state index >= 15 is 0 Å². The fourth-order valence-electron chi connectivity index (χ4n) is 3.91. The van der Waals surface area contributed by atoms with E-state index in [0.29, 0.717) is 6.54 Å². The van der Waals surface area contributed by atoms with E-state index in [0.717, 1.165) is 3.93 Å². The minimum atomic E-state index is -2.15. The summed E-state index contributed by atoms with van der Waals surface area (Å²) in [6.45, 7) is 10.3. The molecule has 1 rings (SSSR count). The molecule has 0 fully saturated rings. The van der Waals surface area contributed by atoms with E-state index in [-0.39, 0.29) is 0 Å². The zero-order chi connectivity index (χ0) is 17.1. The van der Waals surface area contributed by atoms with Crippen LogP contribution in [0.2, 0.25) is 13.3 Å². The molecule has 0 spiro atoms. The Balaban J connectivity index is 3.04. The van der Waals surface area contributed by atoms with E-state index in [4.69, 9.17) is 5.73 Å². The fourth-order valence-corrected chi connectivity index (χ4v) is 21.4. The number of nitrogens with two attached hydrogens (primary N) is 1. The van der Waals surface area contributed by atoms with Gasteiger partial charge in [0.25, 0.3) is 0 Å². The third kappa shape index (κ3) is 6.42. The second kappa shape index (κ2) is 11.5. The molecule has 1 aromatic carbocycles. The quantitative estimate of drug-likeness (QED) is 0.374. The molecule has 0 aliphatic heterocycles. The van der Waals surface area contributed by atoms with Crippen molar-refractivity contribution in [3.8, 4) is 0 Å². The monoisotopic (exact) mass is 425 g/mol. The summed E-state index contributed by atoms with van der Waals surface area (Å²) in [5.74, 6) is 0. The van der Waals surface area contributed by atoms with Gasteiger partial charge >= 0.3 is 150 Å². The van der Waals surface area contributed by atoms with Crippen LogP contribution in [0.15, 0.2) is 24.3 Å². The van der Waals surface area contributed by atoms with E-state index < -0.39 is 18.4 Å². The molecule has 0 aromatic heterocycles. The van der Waals surface area contributed by atoms with Crippen LogP contribution in [0, 0.1) is 0 Å². The Labute approximate surface area is 149 Å². The molecule has 2 N–H and O–H groups in total. The third-order valence-corrected chi connectivity index (χ3v) is 23.5. The van der Waals surface area contributed by atoms with Gasteiger partial charge in [0.1, 0.15) is 0 Å². The molecule has 0 amide bonds. The van der Waals surface area contributed by atoms with Crippen LogP contribution in [0.5, 0.6) is 0 Å². The number of hydrogen-bond donors (Lipinski definition) is 1. The van der Waals surface area contributed by atoms with Crippen molar-refractivity contribution >= 4 is 18.4 Å². The van der Waals surface area contributed by atoms with Gasteiger partial charge in [-0.2, -0.15) is 0 Å². The molecule has 0 radical (unpaired) electrons. The summed E-state index contributed by atoms with van der Waals surface area (Å²) in [7, 11) is 0. The Kier molecular flexibility index (Phi) is 10.5. The van der Waals surface area contributed by atoms with Crippen LogP contribution in [0.3, 0.4) is 0 Å². The second-order valence-electron chi connectivity index (χ2n) is 7.34. The zero-order valence-corrected chi connectivity index (χ0v) is 18.9. The Morgan fingerprint density at radius 3 is 1.61 bits per heavy atom. The topological polar surface area (TPSA) is 26.0 Å². The van der Waals surface area contributed by atoms with Gasteiger partial charge in [-0.25, -0.2) is 0 Å². The van der Waals surface area contributed by atoms with Gasteiger partial charge in [0.05, 0.1) is 0 Å². The van der Waals surface area contributed by atoms with Gasteiger partial charge in [-0.1, -0.05) is 0 Å². The number of hydrogen-bond acceptors (Lipinski definition) is 1. The molecule has 0 saturated carbocycles. The first-order valence-electron chi connectivity index (χ1n) is 9.92. The van der Waals surface area contributed by atoms with Gasteiger partial charge in [-0.3, -0.25) is 0 Å². The van der Waals surface area contributed by atoms with Gasteiger partial charge in [0, 0.05) is 0 Å². The maximum atomic E-state index is 5.77. The van der Waals surface area contributed by atoms with Crippen molar-refractivity contribution in [3.05, 3.63) is 35.4 Å². The molecule has 2 heteroatoms. The van der Waals surface area contributed by atoms with E-state index in [1.807, 2.05) is 0 Å². The molecule has 1 nitrogen and oxygen atoms in total. The molecule has 23 heavy (non-hydrogen) atoms. The van der Waals surface area contributed by atoms with Crippen LogP contribution in [-0.4, -0.2) is 18.4 Å². The Morgan fingerprint density at radius 1 is 0.826 bits per heavy atom. The van der Waals surface area contributed by atoms with Gasteiger partial charge < -0.3 is 0 Å². The summed E-state index contributed by atoms with van der Waals surface area (Å²) in [5.41, 5.74) is 8.63. The van der Waals surface area contributed by atoms with Crippen LogP contribution in [0.25, 0.3) is 0 Å². The van der Waals surface area contributed by atoms with E-state index in [2.05, 4.69) is 52.0 Å². The molecular formula is C21H39NSn. The summed E-state index contributed by atoms with van der Waals surface area (Å²) < 4.78 is 5.61. The molecule has 1 atom stereocenters. The van der Waals surface area contributed by atoms with Crippen molar-refractivity contribution in [1.29, 1.82) is 0 Å². The summed E-state index contributed by atoms with van der Waals surface area (Å²) in [6.07, 6.45) is 8.43. The summed E-state index contributed by atoms with van der Waals surface area (Å²) in [5, 5.41) is 0. The van der Waals surface area contributed by atoms with Crippen molar-refractivity contribution in [2.75, 3.05) is 0 Å². The summed E-state index contributed by atoms with van der Waals surface area (Å²) in [4.78, 5) is 0. The van der Waals surface area contributed by atoms with Crippen LogP contribution in [-0.2, 0) is 6.54 Å².